The van der Waals surface area contributed by atoms with E-state index in [-0.39, 0.29) is 11.9 Å². The molecular formula is C22H29NO3. The summed E-state index contributed by atoms with van der Waals surface area (Å²) >= 11 is 0. The van der Waals surface area contributed by atoms with Crippen molar-refractivity contribution in [1.82, 2.24) is 5.32 Å². The van der Waals surface area contributed by atoms with Crippen LogP contribution in [0.3, 0.4) is 0 Å². The van der Waals surface area contributed by atoms with Gasteiger partial charge in [-0.05, 0) is 54.2 Å². The molecule has 0 heterocycles. The average molecular weight is 355 g/mol. The van der Waals surface area contributed by atoms with E-state index in [1.807, 2.05) is 48.5 Å². The first kappa shape index (κ1) is 19.8. The second-order valence-corrected chi connectivity index (χ2v) is 6.87. The summed E-state index contributed by atoms with van der Waals surface area (Å²) in [4.78, 5) is 12.5. The van der Waals surface area contributed by atoms with Gasteiger partial charge in [0.2, 0.25) is 5.91 Å². The topological polar surface area (TPSA) is 47.6 Å². The lowest BCUT2D eigenvalue weighted by Crippen LogP contribution is -2.29. The van der Waals surface area contributed by atoms with E-state index in [1.165, 1.54) is 0 Å². The summed E-state index contributed by atoms with van der Waals surface area (Å²) in [6.45, 7) is 4.33. The maximum Gasteiger partial charge on any atom is 0.220 e. The highest BCUT2D eigenvalue weighted by atomic mass is 16.5. The zero-order chi connectivity index (χ0) is 18.9. The Balaban J connectivity index is 1.96. The predicted octanol–water partition coefficient (Wildman–Crippen LogP) is 4.54. The Labute approximate surface area is 156 Å². The van der Waals surface area contributed by atoms with Gasteiger partial charge in [-0.2, -0.15) is 0 Å². The minimum atomic E-state index is 0.0178. The van der Waals surface area contributed by atoms with Crippen LogP contribution in [-0.4, -0.2) is 20.1 Å². The van der Waals surface area contributed by atoms with Crippen molar-refractivity contribution in [2.24, 2.45) is 5.92 Å². The fraction of sp³-hybridized carbons (Fsp3) is 0.409. The van der Waals surface area contributed by atoms with E-state index in [1.54, 1.807) is 14.2 Å². The molecule has 4 heteroatoms. The summed E-state index contributed by atoms with van der Waals surface area (Å²) in [6.07, 6.45) is 2.09. The monoisotopic (exact) mass is 355 g/mol. The van der Waals surface area contributed by atoms with Crippen molar-refractivity contribution in [2.45, 2.75) is 39.2 Å². The third-order valence-electron chi connectivity index (χ3n) is 4.36. The molecular weight excluding hydrogens is 326 g/mol. The van der Waals surface area contributed by atoms with Gasteiger partial charge in [-0.3, -0.25) is 4.79 Å². The van der Waals surface area contributed by atoms with E-state index in [0.717, 1.165) is 29.0 Å². The van der Waals surface area contributed by atoms with Gasteiger partial charge in [0.1, 0.15) is 11.5 Å². The number of carbonyl (C=O) groups excluding carboxylic acids is 1. The molecule has 1 atom stereocenters. The number of carbonyl (C=O) groups is 1. The lowest BCUT2D eigenvalue weighted by atomic mass is 9.96. The molecule has 0 aromatic heterocycles. The molecule has 0 spiro atoms. The minimum Gasteiger partial charge on any atom is -0.497 e. The van der Waals surface area contributed by atoms with E-state index in [0.29, 0.717) is 18.8 Å². The van der Waals surface area contributed by atoms with Gasteiger partial charge in [-0.1, -0.05) is 38.1 Å². The van der Waals surface area contributed by atoms with Crippen molar-refractivity contribution in [3.63, 3.8) is 0 Å². The van der Waals surface area contributed by atoms with Crippen molar-refractivity contribution in [1.29, 1.82) is 0 Å². The molecule has 0 radical (unpaired) electrons. The summed E-state index contributed by atoms with van der Waals surface area (Å²) in [5.41, 5.74) is 2.24. The zero-order valence-corrected chi connectivity index (χ0v) is 16.1. The molecule has 0 saturated heterocycles. The standard InChI is InChI=1S/C22H29NO3/c1-16(2)15-21(18-8-12-20(26-4)13-9-18)23-22(24)14-7-17-5-10-19(25-3)11-6-17/h5-6,8-13,16,21H,7,14-15H2,1-4H3,(H,23,24). The zero-order valence-electron chi connectivity index (χ0n) is 16.1. The first-order chi connectivity index (χ1) is 12.5. The SMILES string of the molecule is COc1ccc(CCC(=O)NC(CC(C)C)c2ccc(OC)cc2)cc1. The van der Waals surface area contributed by atoms with Crippen LogP contribution >= 0.6 is 0 Å². The number of aryl methyl sites for hydroxylation is 1. The molecule has 0 aliphatic carbocycles. The molecule has 4 nitrogen and oxygen atoms in total. The molecule has 2 rings (SSSR count). The van der Waals surface area contributed by atoms with Gasteiger partial charge in [0.25, 0.3) is 0 Å². The van der Waals surface area contributed by atoms with Crippen LogP contribution in [-0.2, 0) is 11.2 Å². The Kier molecular flexibility index (Phi) is 7.52. The Morgan fingerprint density at radius 3 is 1.96 bits per heavy atom. The molecule has 0 aliphatic heterocycles. The van der Waals surface area contributed by atoms with Crippen molar-refractivity contribution in [3.8, 4) is 11.5 Å². The van der Waals surface area contributed by atoms with Crippen molar-refractivity contribution in [2.75, 3.05) is 14.2 Å². The normalized spacial score (nSPS) is 11.9. The smallest absolute Gasteiger partial charge is 0.220 e. The number of benzene rings is 2. The number of methoxy groups -OCH3 is 2. The van der Waals surface area contributed by atoms with Gasteiger partial charge in [0.05, 0.1) is 20.3 Å². The Morgan fingerprint density at radius 2 is 1.46 bits per heavy atom. The molecule has 1 unspecified atom stereocenters. The summed E-state index contributed by atoms with van der Waals surface area (Å²) in [7, 11) is 3.30. The number of hydrogen-bond donors (Lipinski definition) is 1. The van der Waals surface area contributed by atoms with Crippen molar-refractivity contribution in [3.05, 3.63) is 59.7 Å². The summed E-state index contributed by atoms with van der Waals surface area (Å²) in [5.74, 6) is 2.21. The largest absolute Gasteiger partial charge is 0.497 e. The third-order valence-corrected chi connectivity index (χ3v) is 4.36. The van der Waals surface area contributed by atoms with Crippen LogP contribution in [0.25, 0.3) is 0 Å². The van der Waals surface area contributed by atoms with Gasteiger partial charge >= 0.3 is 0 Å². The van der Waals surface area contributed by atoms with Crippen LogP contribution in [0.15, 0.2) is 48.5 Å². The quantitative estimate of drug-likeness (QED) is 0.718. The molecule has 2 aromatic rings. The Hall–Kier alpha value is -2.49. The summed E-state index contributed by atoms with van der Waals surface area (Å²) < 4.78 is 10.4. The Morgan fingerprint density at radius 1 is 0.923 bits per heavy atom. The van der Waals surface area contributed by atoms with Crippen LogP contribution in [0.4, 0.5) is 0 Å². The molecule has 2 aromatic carbocycles. The molecule has 1 N–H and O–H groups in total. The molecule has 140 valence electrons. The van der Waals surface area contributed by atoms with Crippen LogP contribution < -0.4 is 14.8 Å². The van der Waals surface area contributed by atoms with Crippen molar-refractivity contribution >= 4 is 5.91 Å². The molecule has 26 heavy (non-hydrogen) atoms. The molecule has 0 fully saturated rings. The van der Waals surface area contributed by atoms with E-state index in [4.69, 9.17) is 9.47 Å². The highest BCUT2D eigenvalue weighted by molar-refractivity contribution is 5.76. The maximum absolute atomic E-state index is 12.5. The molecule has 1 amide bonds. The molecule has 0 saturated carbocycles. The van der Waals surface area contributed by atoms with Crippen LogP contribution in [0, 0.1) is 5.92 Å². The highest BCUT2D eigenvalue weighted by Crippen LogP contribution is 2.24. The number of nitrogens with one attached hydrogen (secondary N) is 1. The minimum absolute atomic E-state index is 0.0178. The summed E-state index contributed by atoms with van der Waals surface area (Å²) in [5, 5.41) is 3.19. The van der Waals surface area contributed by atoms with Crippen LogP contribution in [0.2, 0.25) is 0 Å². The first-order valence-electron chi connectivity index (χ1n) is 9.08. The van der Waals surface area contributed by atoms with Crippen molar-refractivity contribution < 1.29 is 14.3 Å². The van der Waals surface area contributed by atoms with E-state index >= 15 is 0 Å². The predicted molar refractivity (Wildman–Crippen MR) is 105 cm³/mol. The van der Waals surface area contributed by atoms with E-state index in [9.17, 15) is 4.79 Å². The Bertz CT molecular complexity index is 678. The lowest BCUT2D eigenvalue weighted by Gasteiger charge is -2.21. The number of amides is 1. The van der Waals surface area contributed by atoms with Crippen LogP contribution in [0.1, 0.15) is 43.9 Å². The number of rotatable bonds is 9. The second kappa shape index (κ2) is 9.85. The maximum atomic E-state index is 12.5. The van der Waals surface area contributed by atoms with Crippen LogP contribution in [0.5, 0.6) is 11.5 Å². The highest BCUT2D eigenvalue weighted by Gasteiger charge is 2.16. The van der Waals surface area contributed by atoms with E-state index in [2.05, 4.69) is 19.2 Å². The second-order valence-electron chi connectivity index (χ2n) is 6.87. The average Bonchev–Trinajstić information content (AvgIpc) is 2.66. The lowest BCUT2D eigenvalue weighted by molar-refractivity contribution is -0.121. The number of hydrogen-bond acceptors (Lipinski definition) is 3. The van der Waals surface area contributed by atoms with Gasteiger partial charge in [0, 0.05) is 6.42 Å². The van der Waals surface area contributed by atoms with Gasteiger partial charge in [0.15, 0.2) is 0 Å². The fourth-order valence-corrected chi connectivity index (χ4v) is 2.90. The number of ether oxygens (including phenoxy) is 2. The van der Waals surface area contributed by atoms with Gasteiger partial charge in [-0.25, -0.2) is 0 Å². The summed E-state index contributed by atoms with van der Waals surface area (Å²) in [6, 6.07) is 15.8. The van der Waals surface area contributed by atoms with Gasteiger partial charge in [-0.15, -0.1) is 0 Å². The molecule has 0 bridgehead atoms. The third kappa shape index (κ3) is 6.10. The fourth-order valence-electron chi connectivity index (χ4n) is 2.90. The van der Waals surface area contributed by atoms with Gasteiger partial charge < -0.3 is 14.8 Å². The first-order valence-corrected chi connectivity index (χ1v) is 9.08. The van der Waals surface area contributed by atoms with E-state index < -0.39 is 0 Å². The molecule has 0 aliphatic rings.